The van der Waals surface area contributed by atoms with Crippen LogP contribution in [0.1, 0.15) is 48.8 Å². The van der Waals surface area contributed by atoms with Gasteiger partial charge in [-0.05, 0) is 44.9 Å². The number of nitrogens with one attached hydrogen (secondary N) is 2. The third-order valence-corrected chi connectivity index (χ3v) is 5.26. The highest BCUT2D eigenvalue weighted by molar-refractivity contribution is 7.14. The Hall–Kier alpha value is -2.74. The average molecular weight is 357 g/mol. The number of rotatable bonds is 3. The molecule has 0 fully saturated rings. The van der Waals surface area contributed by atoms with E-state index < -0.39 is 5.91 Å². The van der Waals surface area contributed by atoms with Gasteiger partial charge >= 0.3 is 0 Å². The van der Waals surface area contributed by atoms with Gasteiger partial charge in [0.25, 0.3) is 11.8 Å². The van der Waals surface area contributed by atoms with Crippen LogP contribution in [0.4, 0.5) is 0 Å². The number of carbonyl (C=O) groups is 2. The van der Waals surface area contributed by atoms with Crippen LogP contribution in [-0.4, -0.2) is 26.4 Å². The second-order valence-corrected chi connectivity index (χ2v) is 6.95. The van der Waals surface area contributed by atoms with Gasteiger partial charge in [0.05, 0.1) is 11.1 Å². The quantitative estimate of drug-likeness (QED) is 0.704. The standard InChI is InChI=1S/C17H19N5O2S/c1-5-13-9(2)6-14(25-13)17(24)21-20-16(23)12-8-18-22-11(4)7-10(3)19-15(12)22/h6-8H,5H2,1-4H3,(H,20,23)(H,21,24). The molecule has 3 aromatic heterocycles. The van der Waals surface area contributed by atoms with Gasteiger partial charge in [0.15, 0.2) is 5.65 Å². The first-order valence-electron chi connectivity index (χ1n) is 7.92. The van der Waals surface area contributed by atoms with Crippen molar-refractivity contribution in [2.24, 2.45) is 0 Å². The lowest BCUT2D eigenvalue weighted by Gasteiger charge is -2.06. The van der Waals surface area contributed by atoms with Gasteiger partial charge in [0.2, 0.25) is 0 Å². The molecular formula is C17H19N5O2S. The van der Waals surface area contributed by atoms with Crippen LogP contribution in [0.15, 0.2) is 18.3 Å². The molecule has 8 heteroatoms. The number of nitrogens with zero attached hydrogens (tertiary/aromatic N) is 3. The van der Waals surface area contributed by atoms with Crippen LogP contribution < -0.4 is 10.9 Å². The summed E-state index contributed by atoms with van der Waals surface area (Å²) < 4.78 is 1.60. The summed E-state index contributed by atoms with van der Waals surface area (Å²) in [4.78, 5) is 30.7. The number of hydrazine groups is 1. The second-order valence-electron chi connectivity index (χ2n) is 5.81. The second kappa shape index (κ2) is 6.64. The Morgan fingerprint density at radius 3 is 2.56 bits per heavy atom. The monoisotopic (exact) mass is 357 g/mol. The highest BCUT2D eigenvalue weighted by Gasteiger charge is 2.17. The summed E-state index contributed by atoms with van der Waals surface area (Å²) in [6.45, 7) is 7.76. The number of amides is 2. The Balaban J connectivity index is 1.75. The number of aromatic nitrogens is 3. The van der Waals surface area contributed by atoms with E-state index in [1.54, 1.807) is 4.52 Å². The molecule has 0 radical (unpaired) electrons. The van der Waals surface area contributed by atoms with E-state index in [0.29, 0.717) is 16.1 Å². The van der Waals surface area contributed by atoms with E-state index in [9.17, 15) is 9.59 Å². The zero-order valence-corrected chi connectivity index (χ0v) is 15.3. The zero-order valence-electron chi connectivity index (χ0n) is 14.5. The molecule has 130 valence electrons. The van der Waals surface area contributed by atoms with Crippen molar-refractivity contribution < 1.29 is 9.59 Å². The van der Waals surface area contributed by atoms with Gasteiger partial charge in [-0.3, -0.25) is 20.4 Å². The van der Waals surface area contributed by atoms with Gasteiger partial charge in [-0.25, -0.2) is 9.50 Å². The van der Waals surface area contributed by atoms with Crippen LogP contribution >= 0.6 is 11.3 Å². The fraction of sp³-hybridized carbons (Fsp3) is 0.294. The van der Waals surface area contributed by atoms with E-state index in [1.807, 2.05) is 39.8 Å². The molecule has 0 spiro atoms. The highest BCUT2D eigenvalue weighted by Crippen LogP contribution is 2.22. The Bertz CT molecular complexity index is 973. The van der Waals surface area contributed by atoms with Gasteiger partial charge in [-0.1, -0.05) is 6.92 Å². The first-order chi connectivity index (χ1) is 11.9. The van der Waals surface area contributed by atoms with E-state index in [4.69, 9.17) is 0 Å². The molecule has 0 aliphatic heterocycles. The molecule has 7 nitrogen and oxygen atoms in total. The normalized spacial score (nSPS) is 10.9. The fourth-order valence-electron chi connectivity index (χ4n) is 2.66. The maximum Gasteiger partial charge on any atom is 0.279 e. The molecule has 0 aromatic carbocycles. The molecule has 0 bridgehead atoms. The van der Waals surface area contributed by atoms with Crippen molar-refractivity contribution in [2.75, 3.05) is 0 Å². The van der Waals surface area contributed by atoms with Crippen molar-refractivity contribution >= 4 is 28.8 Å². The summed E-state index contributed by atoms with van der Waals surface area (Å²) in [5.74, 6) is -0.789. The molecule has 2 amide bonds. The van der Waals surface area contributed by atoms with E-state index in [2.05, 4.69) is 20.9 Å². The minimum absolute atomic E-state index is 0.309. The molecule has 3 rings (SSSR count). The predicted octanol–water partition coefficient (Wildman–Crippen LogP) is 2.35. The third kappa shape index (κ3) is 3.25. The van der Waals surface area contributed by atoms with Crippen LogP contribution in [0.3, 0.4) is 0 Å². The summed E-state index contributed by atoms with van der Waals surface area (Å²) in [7, 11) is 0. The first kappa shape index (κ1) is 17.1. The van der Waals surface area contributed by atoms with Crippen molar-refractivity contribution in [3.63, 3.8) is 0 Å². The fourth-order valence-corrected chi connectivity index (χ4v) is 3.66. The van der Waals surface area contributed by atoms with Gasteiger partial charge < -0.3 is 0 Å². The van der Waals surface area contributed by atoms with Crippen LogP contribution in [0, 0.1) is 20.8 Å². The molecular weight excluding hydrogens is 338 g/mol. The number of aryl methyl sites for hydroxylation is 4. The van der Waals surface area contributed by atoms with E-state index in [1.165, 1.54) is 17.5 Å². The highest BCUT2D eigenvalue weighted by atomic mass is 32.1. The molecule has 25 heavy (non-hydrogen) atoms. The summed E-state index contributed by atoms with van der Waals surface area (Å²) in [5, 5.41) is 4.17. The van der Waals surface area contributed by atoms with Gasteiger partial charge in [0, 0.05) is 16.3 Å². The topological polar surface area (TPSA) is 88.4 Å². The van der Waals surface area contributed by atoms with E-state index in [0.717, 1.165) is 28.2 Å². The van der Waals surface area contributed by atoms with E-state index >= 15 is 0 Å². The molecule has 0 unspecified atom stereocenters. The van der Waals surface area contributed by atoms with Crippen molar-refractivity contribution in [1.29, 1.82) is 0 Å². The zero-order chi connectivity index (χ0) is 18.1. The maximum absolute atomic E-state index is 12.4. The molecule has 3 aromatic rings. The lowest BCUT2D eigenvalue weighted by molar-refractivity contribution is 0.0849. The molecule has 0 aliphatic carbocycles. The van der Waals surface area contributed by atoms with E-state index in [-0.39, 0.29) is 5.91 Å². The Kier molecular flexibility index (Phi) is 4.54. The summed E-state index contributed by atoms with van der Waals surface area (Å²) >= 11 is 1.43. The summed E-state index contributed by atoms with van der Waals surface area (Å²) in [6.07, 6.45) is 2.32. The lowest BCUT2D eigenvalue weighted by atomic mass is 10.2. The van der Waals surface area contributed by atoms with Gasteiger partial charge in [-0.2, -0.15) is 5.10 Å². The van der Waals surface area contributed by atoms with Crippen LogP contribution in [0.2, 0.25) is 0 Å². The number of carbonyl (C=O) groups excluding carboxylic acids is 2. The van der Waals surface area contributed by atoms with Crippen molar-refractivity contribution in [3.05, 3.63) is 50.6 Å². The van der Waals surface area contributed by atoms with Crippen LogP contribution in [-0.2, 0) is 6.42 Å². The van der Waals surface area contributed by atoms with Crippen molar-refractivity contribution in [3.8, 4) is 0 Å². The molecule has 3 heterocycles. The van der Waals surface area contributed by atoms with Gasteiger partial charge in [-0.15, -0.1) is 11.3 Å². The molecule has 0 atom stereocenters. The number of fused-ring (bicyclic) bond motifs is 1. The number of hydrogen-bond acceptors (Lipinski definition) is 5. The largest absolute Gasteiger partial charge is 0.279 e. The predicted molar refractivity (Wildman–Crippen MR) is 95.8 cm³/mol. The lowest BCUT2D eigenvalue weighted by Crippen LogP contribution is -2.41. The molecule has 0 saturated carbocycles. The van der Waals surface area contributed by atoms with Crippen LogP contribution in [0.25, 0.3) is 5.65 Å². The minimum Gasteiger partial charge on any atom is -0.267 e. The number of hydrogen-bond donors (Lipinski definition) is 2. The third-order valence-electron chi connectivity index (χ3n) is 3.88. The Labute approximate surface area is 149 Å². The average Bonchev–Trinajstić information content (AvgIpc) is 3.15. The Morgan fingerprint density at radius 2 is 1.88 bits per heavy atom. The van der Waals surface area contributed by atoms with Crippen molar-refractivity contribution in [1.82, 2.24) is 25.4 Å². The molecule has 0 aliphatic rings. The summed E-state index contributed by atoms with van der Waals surface area (Å²) in [6, 6.07) is 3.71. The molecule has 0 saturated heterocycles. The van der Waals surface area contributed by atoms with Crippen molar-refractivity contribution in [2.45, 2.75) is 34.1 Å². The SMILES string of the molecule is CCc1sc(C(=O)NNC(=O)c2cnn3c(C)cc(C)nc23)cc1C. The van der Waals surface area contributed by atoms with Crippen LogP contribution in [0.5, 0.6) is 0 Å². The maximum atomic E-state index is 12.4. The minimum atomic E-state index is -0.454. The molecule has 2 N–H and O–H groups in total. The number of thiophene rings is 1. The van der Waals surface area contributed by atoms with Gasteiger partial charge in [0.1, 0.15) is 5.56 Å². The summed E-state index contributed by atoms with van der Waals surface area (Å²) in [5.41, 5.74) is 8.42. The first-order valence-corrected chi connectivity index (χ1v) is 8.74. The smallest absolute Gasteiger partial charge is 0.267 e. The Morgan fingerprint density at radius 1 is 1.16 bits per heavy atom.